The minimum atomic E-state index is 0.690. The standard InChI is InChI=1S/C11H7ClN4S/c12-8-3-1-7(2-4-8)9-5-17-11(15-9)10-13-6-14-16-10/h1-6H,(H,13,14,16). The van der Waals surface area contributed by atoms with Crippen molar-refractivity contribution in [2.45, 2.75) is 0 Å². The Hall–Kier alpha value is -1.72. The molecule has 0 saturated heterocycles. The lowest BCUT2D eigenvalue weighted by Gasteiger charge is -1.95. The molecule has 17 heavy (non-hydrogen) atoms. The third-order valence-corrected chi connectivity index (χ3v) is 3.36. The lowest BCUT2D eigenvalue weighted by Crippen LogP contribution is -1.81. The van der Waals surface area contributed by atoms with E-state index in [1.54, 1.807) is 0 Å². The van der Waals surface area contributed by atoms with Crippen molar-refractivity contribution >= 4 is 22.9 Å². The van der Waals surface area contributed by atoms with Gasteiger partial charge in [0.1, 0.15) is 6.33 Å². The summed E-state index contributed by atoms with van der Waals surface area (Å²) in [5.74, 6) is 0.690. The van der Waals surface area contributed by atoms with Crippen LogP contribution in [0.15, 0.2) is 36.0 Å². The van der Waals surface area contributed by atoms with Crippen LogP contribution in [-0.2, 0) is 0 Å². The molecule has 0 atom stereocenters. The lowest BCUT2D eigenvalue weighted by atomic mass is 10.2. The molecule has 84 valence electrons. The smallest absolute Gasteiger partial charge is 0.184 e. The molecule has 0 radical (unpaired) electrons. The Morgan fingerprint density at radius 2 is 2.00 bits per heavy atom. The van der Waals surface area contributed by atoms with Crippen LogP contribution in [0.1, 0.15) is 0 Å². The minimum Gasteiger partial charge on any atom is -0.257 e. The summed E-state index contributed by atoms with van der Waals surface area (Å²) in [6.45, 7) is 0. The Bertz CT molecular complexity index is 615. The van der Waals surface area contributed by atoms with Crippen LogP contribution in [0.5, 0.6) is 0 Å². The van der Waals surface area contributed by atoms with Crippen LogP contribution in [-0.4, -0.2) is 20.2 Å². The second-order valence-electron chi connectivity index (χ2n) is 3.38. The molecule has 0 unspecified atom stereocenters. The zero-order valence-electron chi connectivity index (χ0n) is 8.59. The van der Waals surface area contributed by atoms with Gasteiger partial charge in [0.2, 0.25) is 0 Å². The average Bonchev–Trinajstić information content (AvgIpc) is 3.00. The van der Waals surface area contributed by atoms with Gasteiger partial charge in [-0.2, -0.15) is 5.10 Å². The van der Waals surface area contributed by atoms with Gasteiger partial charge in [0, 0.05) is 16.0 Å². The van der Waals surface area contributed by atoms with Crippen LogP contribution in [0.2, 0.25) is 5.02 Å². The number of aromatic amines is 1. The maximum atomic E-state index is 5.84. The van der Waals surface area contributed by atoms with Gasteiger partial charge in [0.05, 0.1) is 5.69 Å². The van der Waals surface area contributed by atoms with E-state index in [1.165, 1.54) is 17.7 Å². The number of nitrogens with zero attached hydrogens (tertiary/aromatic N) is 3. The molecule has 1 aromatic carbocycles. The molecule has 0 aliphatic heterocycles. The quantitative estimate of drug-likeness (QED) is 0.771. The van der Waals surface area contributed by atoms with Crippen LogP contribution in [0.3, 0.4) is 0 Å². The van der Waals surface area contributed by atoms with Gasteiger partial charge in [-0.25, -0.2) is 9.97 Å². The zero-order chi connectivity index (χ0) is 11.7. The normalized spacial score (nSPS) is 10.6. The molecule has 0 saturated carbocycles. The topological polar surface area (TPSA) is 54.5 Å². The van der Waals surface area contributed by atoms with Crippen LogP contribution < -0.4 is 0 Å². The molecular formula is C11H7ClN4S. The number of hydrogen-bond donors (Lipinski definition) is 1. The van der Waals surface area contributed by atoms with Gasteiger partial charge in [-0.15, -0.1) is 11.3 Å². The summed E-state index contributed by atoms with van der Waals surface area (Å²) >= 11 is 7.37. The van der Waals surface area contributed by atoms with E-state index < -0.39 is 0 Å². The van der Waals surface area contributed by atoms with Gasteiger partial charge < -0.3 is 0 Å². The van der Waals surface area contributed by atoms with Crippen LogP contribution in [0, 0.1) is 0 Å². The van der Waals surface area contributed by atoms with Crippen LogP contribution >= 0.6 is 22.9 Å². The molecule has 0 bridgehead atoms. The largest absolute Gasteiger partial charge is 0.257 e. The zero-order valence-corrected chi connectivity index (χ0v) is 10.2. The first kappa shape index (κ1) is 10.4. The van der Waals surface area contributed by atoms with Gasteiger partial charge in [-0.3, -0.25) is 5.10 Å². The summed E-state index contributed by atoms with van der Waals surface area (Å²) in [4.78, 5) is 8.56. The molecule has 3 rings (SSSR count). The van der Waals surface area contributed by atoms with Crippen molar-refractivity contribution in [3.8, 4) is 22.1 Å². The Balaban J connectivity index is 1.98. The Morgan fingerprint density at radius 3 is 2.71 bits per heavy atom. The highest BCUT2D eigenvalue weighted by Crippen LogP contribution is 2.27. The average molecular weight is 263 g/mol. The molecule has 0 amide bonds. The molecule has 2 aromatic heterocycles. The highest BCUT2D eigenvalue weighted by Gasteiger charge is 2.08. The molecule has 2 heterocycles. The highest BCUT2D eigenvalue weighted by atomic mass is 35.5. The van der Waals surface area contributed by atoms with Crippen LogP contribution in [0.4, 0.5) is 0 Å². The number of benzene rings is 1. The maximum Gasteiger partial charge on any atom is 0.184 e. The molecule has 6 heteroatoms. The van der Waals surface area contributed by atoms with Crippen molar-refractivity contribution in [1.82, 2.24) is 20.2 Å². The highest BCUT2D eigenvalue weighted by molar-refractivity contribution is 7.13. The van der Waals surface area contributed by atoms with Crippen molar-refractivity contribution in [3.63, 3.8) is 0 Å². The number of aromatic nitrogens is 4. The van der Waals surface area contributed by atoms with E-state index in [1.807, 2.05) is 29.6 Å². The molecule has 0 aliphatic carbocycles. The van der Waals surface area contributed by atoms with Crippen molar-refractivity contribution in [2.75, 3.05) is 0 Å². The van der Waals surface area contributed by atoms with E-state index in [9.17, 15) is 0 Å². The second-order valence-corrected chi connectivity index (χ2v) is 4.67. The lowest BCUT2D eigenvalue weighted by molar-refractivity contribution is 1.09. The van der Waals surface area contributed by atoms with Crippen LogP contribution in [0.25, 0.3) is 22.1 Å². The molecule has 3 aromatic rings. The summed E-state index contributed by atoms with van der Waals surface area (Å²) in [7, 11) is 0. The third-order valence-electron chi connectivity index (χ3n) is 2.26. The van der Waals surface area contributed by atoms with Crippen molar-refractivity contribution in [3.05, 3.63) is 41.0 Å². The Kier molecular flexibility index (Phi) is 2.62. The van der Waals surface area contributed by atoms with Crippen molar-refractivity contribution in [2.24, 2.45) is 0 Å². The van der Waals surface area contributed by atoms with E-state index in [0.717, 1.165) is 21.3 Å². The van der Waals surface area contributed by atoms with Gasteiger partial charge in [0.15, 0.2) is 10.8 Å². The minimum absolute atomic E-state index is 0.690. The predicted molar refractivity (Wildman–Crippen MR) is 67.9 cm³/mol. The first-order valence-corrected chi connectivity index (χ1v) is 6.16. The van der Waals surface area contributed by atoms with E-state index in [-0.39, 0.29) is 0 Å². The van der Waals surface area contributed by atoms with Crippen molar-refractivity contribution < 1.29 is 0 Å². The number of hydrogen-bond acceptors (Lipinski definition) is 4. The van der Waals surface area contributed by atoms with E-state index in [0.29, 0.717) is 5.82 Å². The van der Waals surface area contributed by atoms with Gasteiger partial charge >= 0.3 is 0 Å². The van der Waals surface area contributed by atoms with Crippen molar-refractivity contribution in [1.29, 1.82) is 0 Å². The number of halogens is 1. The van der Waals surface area contributed by atoms with E-state index >= 15 is 0 Å². The number of rotatable bonds is 2. The number of nitrogens with one attached hydrogen (secondary N) is 1. The summed E-state index contributed by atoms with van der Waals surface area (Å²) in [5.41, 5.74) is 1.95. The van der Waals surface area contributed by atoms with Gasteiger partial charge in [-0.05, 0) is 12.1 Å². The molecular weight excluding hydrogens is 256 g/mol. The third kappa shape index (κ3) is 2.07. The maximum absolute atomic E-state index is 5.84. The number of H-pyrrole nitrogens is 1. The molecule has 4 nitrogen and oxygen atoms in total. The SMILES string of the molecule is Clc1ccc(-c2csc(-c3ncn[nH]3)n2)cc1. The Morgan fingerprint density at radius 1 is 1.18 bits per heavy atom. The fourth-order valence-corrected chi connectivity index (χ4v) is 2.34. The summed E-state index contributed by atoms with van der Waals surface area (Å²) in [6.07, 6.45) is 1.47. The van der Waals surface area contributed by atoms with E-state index in [2.05, 4.69) is 20.2 Å². The summed E-state index contributed by atoms with van der Waals surface area (Å²) < 4.78 is 0. The molecule has 0 fully saturated rings. The fraction of sp³-hybridized carbons (Fsp3) is 0. The monoisotopic (exact) mass is 262 g/mol. The molecule has 0 aliphatic rings. The van der Waals surface area contributed by atoms with Gasteiger partial charge in [-0.1, -0.05) is 23.7 Å². The van der Waals surface area contributed by atoms with E-state index in [4.69, 9.17) is 11.6 Å². The molecule has 0 spiro atoms. The summed E-state index contributed by atoms with van der Waals surface area (Å²) in [5, 5.41) is 10.1. The second kappa shape index (κ2) is 4.27. The summed E-state index contributed by atoms with van der Waals surface area (Å²) in [6, 6.07) is 7.60. The Labute approximate surface area is 106 Å². The first-order chi connectivity index (χ1) is 8.33. The van der Waals surface area contributed by atoms with Gasteiger partial charge in [0.25, 0.3) is 0 Å². The number of thiazole rings is 1. The first-order valence-electron chi connectivity index (χ1n) is 4.90. The molecule has 1 N–H and O–H groups in total. The predicted octanol–water partition coefficient (Wildman–Crippen LogP) is 3.25. The fourth-order valence-electron chi connectivity index (χ4n) is 1.44.